The summed E-state index contributed by atoms with van der Waals surface area (Å²) in [7, 11) is 2.10. The highest BCUT2D eigenvalue weighted by Crippen LogP contribution is 2.18. The van der Waals surface area contributed by atoms with Crippen LogP contribution >= 0.6 is 0 Å². The number of amides is 1. The molecule has 1 aliphatic rings. The van der Waals surface area contributed by atoms with Crippen molar-refractivity contribution in [2.45, 2.75) is 25.9 Å². The lowest BCUT2D eigenvalue weighted by atomic mass is 10.1. The van der Waals surface area contributed by atoms with E-state index in [2.05, 4.69) is 25.8 Å². The molecule has 2 unspecified atom stereocenters. The lowest BCUT2D eigenvalue weighted by Crippen LogP contribution is -2.57. The molecule has 1 aliphatic heterocycles. The standard InChI is InChI=1S/C14H21N3O/c1-10-8-16(3)9-11(2)17(10)14(18)12-4-6-13(15)7-5-12/h4-7,10-11H,8-9,15H2,1-3H3. The molecule has 4 nitrogen and oxygen atoms in total. The van der Waals surface area contributed by atoms with Gasteiger partial charge in [-0.1, -0.05) is 0 Å². The van der Waals surface area contributed by atoms with E-state index in [0.29, 0.717) is 11.3 Å². The smallest absolute Gasteiger partial charge is 0.254 e. The van der Waals surface area contributed by atoms with Crippen LogP contribution in [0.2, 0.25) is 0 Å². The van der Waals surface area contributed by atoms with Crippen LogP contribution in [0.1, 0.15) is 24.2 Å². The summed E-state index contributed by atoms with van der Waals surface area (Å²) >= 11 is 0. The molecule has 4 heteroatoms. The van der Waals surface area contributed by atoms with Crippen molar-refractivity contribution in [3.05, 3.63) is 29.8 Å². The lowest BCUT2D eigenvalue weighted by molar-refractivity contribution is 0.0350. The van der Waals surface area contributed by atoms with E-state index in [1.54, 1.807) is 24.3 Å². The van der Waals surface area contributed by atoms with Gasteiger partial charge in [0.2, 0.25) is 0 Å². The fourth-order valence-corrected chi connectivity index (χ4v) is 2.76. The molecule has 1 aromatic carbocycles. The van der Waals surface area contributed by atoms with Gasteiger partial charge in [0.1, 0.15) is 0 Å². The molecule has 1 heterocycles. The SMILES string of the molecule is CC1CN(C)CC(C)N1C(=O)c1ccc(N)cc1. The van der Waals surface area contributed by atoms with E-state index in [0.717, 1.165) is 13.1 Å². The van der Waals surface area contributed by atoms with Gasteiger partial charge in [-0.2, -0.15) is 0 Å². The number of benzene rings is 1. The second-order valence-electron chi connectivity index (χ2n) is 5.25. The summed E-state index contributed by atoms with van der Waals surface area (Å²) in [6.07, 6.45) is 0. The number of nitrogens with two attached hydrogens (primary N) is 1. The molecule has 0 radical (unpaired) electrons. The van der Waals surface area contributed by atoms with E-state index in [4.69, 9.17) is 5.73 Å². The summed E-state index contributed by atoms with van der Waals surface area (Å²) in [5.41, 5.74) is 7.05. The maximum absolute atomic E-state index is 12.5. The summed E-state index contributed by atoms with van der Waals surface area (Å²) in [5, 5.41) is 0. The summed E-state index contributed by atoms with van der Waals surface area (Å²) in [4.78, 5) is 16.7. The third-order valence-electron chi connectivity index (χ3n) is 3.49. The molecule has 2 N–H and O–H groups in total. The van der Waals surface area contributed by atoms with Crippen molar-refractivity contribution in [3.8, 4) is 0 Å². The predicted molar refractivity (Wildman–Crippen MR) is 73.4 cm³/mol. The van der Waals surface area contributed by atoms with E-state index in [9.17, 15) is 4.79 Å². The Kier molecular flexibility index (Phi) is 3.57. The van der Waals surface area contributed by atoms with Crippen LogP contribution in [0.3, 0.4) is 0 Å². The summed E-state index contributed by atoms with van der Waals surface area (Å²) in [5.74, 6) is 0.100. The topological polar surface area (TPSA) is 49.6 Å². The van der Waals surface area contributed by atoms with Crippen LogP contribution in [0.4, 0.5) is 5.69 Å². The number of likely N-dealkylation sites (N-methyl/N-ethyl adjacent to an activating group) is 1. The maximum atomic E-state index is 12.5. The molecule has 1 saturated heterocycles. The fraction of sp³-hybridized carbons (Fsp3) is 0.500. The van der Waals surface area contributed by atoms with Crippen molar-refractivity contribution >= 4 is 11.6 Å². The minimum absolute atomic E-state index is 0.100. The molecule has 0 bridgehead atoms. The molecule has 0 spiro atoms. The molecule has 1 aromatic rings. The van der Waals surface area contributed by atoms with Gasteiger partial charge < -0.3 is 15.5 Å². The Morgan fingerprint density at radius 1 is 1.17 bits per heavy atom. The van der Waals surface area contributed by atoms with Crippen LogP contribution in [0.5, 0.6) is 0 Å². The number of anilines is 1. The monoisotopic (exact) mass is 247 g/mol. The zero-order valence-electron chi connectivity index (χ0n) is 11.3. The van der Waals surface area contributed by atoms with Gasteiger partial charge in [-0.25, -0.2) is 0 Å². The van der Waals surface area contributed by atoms with Gasteiger partial charge in [0.25, 0.3) is 5.91 Å². The van der Waals surface area contributed by atoms with Crippen molar-refractivity contribution < 1.29 is 4.79 Å². The van der Waals surface area contributed by atoms with Crippen molar-refractivity contribution in [3.63, 3.8) is 0 Å². The molecule has 18 heavy (non-hydrogen) atoms. The van der Waals surface area contributed by atoms with Gasteiger partial charge in [-0.15, -0.1) is 0 Å². The zero-order valence-corrected chi connectivity index (χ0v) is 11.3. The van der Waals surface area contributed by atoms with Crippen LogP contribution in [0, 0.1) is 0 Å². The number of hydrogen-bond acceptors (Lipinski definition) is 3. The van der Waals surface area contributed by atoms with E-state index >= 15 is 0 Å². The number of carbonyl (C=O) groups excluding carboxylic acids is 1. The van der Waals surface area contributed by atoms with Gasteiger partial charge >= 0.3 is 0 Å². The van der Waals surface area contributed by atoms with E-state index in [-0.39, 0.29) is 18.0 Å². The van der Waals surface area contributed by atoms with Crippen LogP contribution < -0.4 is 5.73 Å². The number of piperazine rings is 1. The molecule has 0 aliphatic carbocycles. The lowest BCUT2D eigenvalue weighted by Gasteiger charge is -2.43. The van der Waals surface area contributed by atoms with E-state index in [1.165, 1.54) is 0 Å². The van der Waals surface area contributed by atoms with Crippen molar-refractivity contribution in [2.24, 2.45) is 0 Å². The highest BCUT2D eigenvalue weighted by atomic mass is 16.2. The second-order valence-corrected chi connectivity index (χ2v) is 5.25. The van der Waals surface area contributed by atoms with Gasteiger partial charge in [0, 0.05) is 36.4 Å². The van der Waals surface area contributed by atoms with E-state index < -0.39 is 0 Å². The van der Waals surface area contributed by atoms with Crippen molar-refractivity contribution in [1.29, 1.82) is 0 Å². The number of hydrogen-bond donors (Lipinski definition) is 1. The average Bonchev–Trinajstić information content (AvgIpc) is 2.28. The Balaban J connectivity index is 2.19. The Morgan fingerprint density at radius 3 is 2.17 bits per heavy atom. The average molecular weight is 247 g/mol. The molecular formula is C14H21N3O. The maximum Gasteiger partial charge on any atom is 0.254 e. The third-order valence-corrected chi connectivity index (χ3v) is 3.49. The van der Waals surface area contributed by atoms with Gasteiger partial charge in [-0.3, -0.25) is 4.79 Å². The first-order valence-corrected chi connectivity index (χ1v) is 6.36. The van der Waals surface area contributed by atoms with Crippen molar-refractivity contribution in [2.75, 3.05) is 25.9 Å². The van der Waals surface area contributed by atoms with Crippen molar-refractivity contribution in [1.82, 2.24) is 9.80 Å². The number of nitrogens with zero attached hydrogens (tertiary/aromatic N) is 2. The fourth-order valence-electron chi connectivity index (χ4n) is 2.76. The number of carbonyl (C=O) groups is 1. The van der Waals surface area contributed by atoms with Gasteiger partial charge in [0.05, 0.1) is 0 Å². The molecule has 2 atom stereocenters. The predicted octanol–water partition coefficient (Wildman–Crippen LogP) is 1.43. The Morgan fingerprint density at radius 2 is 1.67 bits per heavy atom. The molecule has 2 rings (SSSR count). The quantitative estimate of drug-likeness (QED) is 0.764. The molecule has 1 fully saturated rings. The van der Waals surface area contributed by atoms with E-state index in [1.807, 2.05) is 4.90 Å². The summed E-state index contributed by atoms with van der Waals surface area (Å²) < 4.78 is 0. The Hall–Kier alpha value is -1.55. The molecular weight excluding hydrogens is 226 g/mol. The summed E-state index contributed by atoms with van der Waals surface area (Å²) in [6, 6.07) is 7.63. The van der Waals surface area contributed by atoms with Crippen LogP contribution in [0.15, 0.2) is 24.3 Å². The number of nitrogen functional groups attached to an aromatic ring is 1. The summed E-state index contributed by atoms with van der Waals surface area (Å²) in [6.45, 7) is 6.04. The van der Waals surface area contributed by atoms with Crippen LogP contribution in [0.25, 0.3) is 0 Å². The second kappa shape index (κ2) is 4.98. The molecule has 98 valence electrons. The Bertz CT molecular complexity index is 417. The van der Waals surface area contributed by atoms with Crippen LogP contribution in [-0.2, 0) is 0 Å². The molecule has 0 aromatic heterocycles. The third kappa shape index (κ3) is 2.48. The normalized spacial score (nSPS) is 25.2. The minimum atomic E-state index is 0.100. The first-order chi connectivity index (χ1) is 8.49. The largest absolute Gasteiger partial charge is 0.399 e. The highest BCUT2D eigenvalue weighted by Gasteiger charge is 2.31. The Labute approximate surface area is 108 Å². The van der Waals surface area contributed by atoms with Gasteiger partial charge in [0.15, 0.2) is 0 Å². The minimum Gasteiger partial charge on any atom is -0.399 e. The molecule has 0 saturated carbocycles. The van der Waals surface area contributed by atoms with Crippen LogP contribution in [-0.4, -0.2) is 47.9 Å². The first kappa shape index (κ1) is 12.9. The van der Waals surface area contributed by atoms with Gasteiger partial charge in [-0.05, 0) is 45.2 Å². The first-order valence-electron chi connectivity index (χ1n) is 6.36. The highest BCUT2D eigenvalue weighted by molar-refractivity contribution is 5.95. The number of rotatable bonds is 1. The zero-order chi connectivity index (χ0) is 13.3. The molecule has 1 amide bonds.